The summed E-state index contributed by atoms with van der Waals surface area (Å²) in [6, 6.07) is 0.735. The summed E-state index contributed by atoms with van der Waals surface area (Å²) in [4.78, 5) is -0.941. The van der Waals surface area contributed by atoms with Crippen molar-refractivity contribution >= 4 is 22.4 Å². The van der Waals surface area contributed by atoms with Crippen molar-refractivity contribution in [1.29, 1.82) is 0 Å². The monoisotopic (exact) mass is 376 g/mol. The zero-order chi connectivity index (χ0) is 16.7. The summed E-state index contributed by atoms with van der Waals surface area (Å²) >= 11 is 0. The average molecular weight is 377 g/mol. The van der Waals surface area contributed by atoms with E-state index < -0.39 is 38.5 Å². The maximum atomic E-state index is 13.8. The Morgan fingerprint density at radius 3 is 2.43 bits per heavy atom. The zero-order valence-electron chi connectivity index (χ0n) is 12.4. The Kier molecular flexibility index (Phi) is 6.06. The summed E-state index contributed by atoms with van der Waals surface area (Å²) < 4.78 is 78.1. The maximum Gasteiger partial charge on any atom is 0.416 e. The molecule has 0 bridgehead atoms. The van der Waals surface area contributed by atoms with Gasteiger partial charge in [0.1, 0.15) is 10.7 Å². The van der Waals surface area contributed by atoms with Crippen LogP contribution in [0.2, 0.25) is 0 Å². The first-order chi connectivity index (χ1) is 10.0. The van der Waals surface area contributed by atoms with Crippen LogP contribution in [-0.4, -0.2) is 37.9 Å². The van der Waals surface area contributed by atoms with Crippen LogP contribution < -0.4 is 5.32 Å². The Hall–Kier alpha value is -0.900. The smallest absolute Gasteiger partial charge is 0.311 e. The Balaban J connectivity index is 0.00000264. The number of hydrogen-bond donors (Lipinski definition) is 1. The molecule has 1 saturated heterocycles. The van der Waals surface area contributed by atoms with E-state index in [0.717, 1.165) is 4.31 Å². The van der Waals surface area contributed by atoms with Crippen LogP contribution in [0.4, 0.5) is 17.6 Å². The minimum atomic E-state index is -4.74. The molecule has 10 heteroatoms. The molecule has 4 nitrogen and oxygen atoms in total. The number of alkyl halides is 3. The fourth-order valence-electron chi connectivity index (χ4n) is 2.37. The molecule has 1 aliphatic rings. The standard InChI is InChI=1S/C13H16F4N2O2S.ClH/c1-8-9(2)19(6-5-18-8)22(20,21)12-7-10(13(15,16)17)3-4-11(12)14;/h3-4,7-9,18H,5-6H2,1-2H3;1H. The van der Waals surface area contributed by atoms with E-state index in [1.165, 1.54) is 0 Å². The van der Waals surface area contributed by atoms with E-state index in [1.54, 1.807) is 13.8 Å². The van der Waals surface area contributed by atoms with Gasteiger partial charge in [-0.3, -0.25) is 0 Å². The van der Waals surface area contributed by atoms with Crippen molar-refractivity contribution in [3.63, 3.8) is 0 Å². The molecule has 0 radical (unpaired) electrons. The van der Waals surface area contributed by atoms with Gasteiger partial charge in [0.25, 0.3) is 0 Å². The van der Waals surface area contributed by atoms with E-state index in [9.17, 15) is 26.0 Å². The van der Waals surface area contributed by atoms with E-state index >= 15 is 0 Å². The van der Waals surface area contributed by atoms with Crippen molar-refractivity contribution in [2.75, 3.05) is 13.1 Å². The number of nitrogens with zero attached hydrogens (tertiary/aromatic N) is 1. The number of hydrogen-bond acceptors (Lipinski definition) is 3. The Morgan fingerprint density at radius 1 is 1.26 bits per heavy atom. The molecule has 0 amide bonds. The quantitative estimate of drug-likeness (QED) is 0.807. The van der Waals surface area contributed by atoms with Gasteiger partial charge in [-0.1, -0.05) is 0 Å². The van der Waals surface area contributed by atoms with Crippen LogP contribution in [0.1, 0.15) is 19.4 Å². The fraction of sp³-hybridized carbons (Fsp3) is 0.538. The van der Waals surface area contributed by atoms with Gasteiger partial charge < -0.3 is 5.32 Å². The topological polar surface area (TPSA) is 49.4 Å². The summed E-state index contributed by atoms with van der Waals surface area (Å²) in [5, 5.41) is 3.06. The second-order valence-corrected chi connectivity index (χ2v) is 7.10. The molecule has 132 valence electrons. The lowest BCUT2D eigenvalue weighted by Crippen LogP contribution is -2.57. The van der Waals surface area contributed by atoms with Crippen LogP contribution in [0.25, 0.3) is 0 Å². The highest BCUT2D eigenvalue weighted by Crippen LogP contribution is 2.33. The molecule has 1 aromatic carbocycles. The molecule has 1 heterocycles. The first kappa shape index (κ1) is 20.1. The van der Waals surface area contributed by atoms with Gasteiger partial charge in [-0.2, -0.15) is 17.5 Å². The largest absolute Gasteiger partial charge is 0.416 e. The van der Waals surface area contributed by atoms with Gasteiger partial charge in [0.15, 0.2) is 0 Å². The molecule has 0 saturated carbocycles. The molecule has 1 N–H and O–H groups in total. The number of benzene rings is 1. The lowest BCUT2D eigenvalue weighted by Gasteiger charge is -2.37. The van der Waals surface area contributed by atoms with Crippen LogP contribution in [0, 0.1) is 5.82 Å². The number of rotatable bonds is 2. The van der Waals surface area contributed by atoms with Crippen LogP contribution in [0.15, 0.2) is 23.1 Å². The molecule has 0 spiro atoms. The van der Waals surface area contributed by atoms with Crippen LogP contribution in [0.5, 0.6) is 0 Å². The minimum Gasteiger partial charge on any atom is -0.311 e. The number of piperazine rings is 1. The third-order valence-corrected chi connectivity index (χ3v) is 5.82. The Morgan fingerprint density at radius 2 is 1.87 bits per heavy atom. The Bertz CT molecular complexity index is 666. The number of sulfonamides is 1. The zero-order valence-corrected chi connectivity index (χ0v) is 14.0. The first-order valence-corrected chi connectivity index (χ1v) is 8.11. The van der Waals surface area contributed by atoms with E-state index in [1.807, 2.05) is 0 Å². The number of halogens is 5. The van der Waals surface area contributed by atoms with Crippen LogP contribution in [-0.2, 0) is 16.2 Å². The highest BCUT2D eigenvalue weighted by atomic mass is 35.5. The summed E-state index contributed by atoms with van der Waals surface area (Å²) in [5.41, 5.74) is -1.19. The second kappa shape index (κ2) is 6.92. The molecular formula is C13H17ClF4N2O2S. The third-order valence-electron chi connectivity index (χ3n) is 3.82. The predicted octanol–water partition coefficient (Wildman–Crippen LogP) is 2.64. The Labute approximate surface area is 138 Å². The molecule has 1 aromatic rings. The summed E-state index contributed by atoms with van der Waals surface area (Å²) in [5.74, 6) is -1.19. The molecular weight excluding hydrogens is 360 g/mol. The van der Waals surface area contributed by atoms with Gasteiger partial charge in [-0.05, 0) is 32.0 Å². The highest BCUT2D eigenvalue weighted by molar-refractivity contribution is 7.89. The SMILES string of the molecule is CC1NCCN(S(=O)(=O)c2cc(C(F)(F)F)ccc2F)C1C.Cl. The highest BCUT2D eigenvalue weighted by Gasteiger charge is 2.38. The molecule has 2 rings (SSSR count). The molecule has 2 atom stereocenters. The van der Waals surface area contributed by atoms with E-state index in [4.69, 9.17) is 0 Å². The van der Waals surface area contributed by atoms with Gasteiger partial charge in [-0.25, -0.2) is 12.8 Å². The van der Waals surface area contributed by atoms with Crippen molar-refractivity contribution in [2.45, 2.75) is 37.0 Å². The van der Waals surface area contributed by atoms with Gasteiger partial charge in [0.05, 0.1) is 5.56 Å². The normalized spacial score (nSPS) is 23.4. The minimum absolute atomic E-state index is 0. The van der Waals surface area contributed by atoms with Gasteiger partial charge in [0.2, 0.25) is 10.0 Å². The van der Waals surface area contributed by atoms with Crippen molar-refractivity contribution in [1.82, 2.24) is 9.62 Å². The van der Waals surface area contributed by atoms with Gasteiger partial charge in [0, 0.05) is 25.2 Å². The molecule has 23 heavy (non-hydrogen) atoms. The average Bonchev–Trinajstić information content (AvgIpc) is 2.40. The van der Waals surface area contributed by atoms with Gasteiger partial charge in [-0.15, -0.1) is 12.4 Å². The lowest BCUT2D eigenvalue weighted by molar-refractivity contribution is -0.137. The van der Waals surface area contributed by atoms with E-state index in [2.05, 4.69) is 5.32 Å². The fourth-order valence-corrected chi connectivity index (χ4v) is 4.16. The van der Waals surface area contributed by atoms with Crippen molar-refractivity contribution in [3.8, 4) is 0 Å². The molecule has 1 aliphatic heterocycles. The van der Waals surface area contributed by atoms with Gasteiger partial charge >= 0.3 is 6.18 Å². The summed E-state index contributed by atoms with van der Waals surface area (Å²) in [6.45, 7) is 3.81. The number of nitrogens with one attached hydrogen (secondary N) is 1. The first-order valence-electron chi connectivity index (χ1n) is 6.67. The van der Waals surface area contributed by atoms with Crippen molar-refractivity contribution in [3.05, 3.63) is 29.6 Å². The van der Waals surface area contributed by atoms with Crippen LogP contribution >= 0.6 is 12.4 Å². The van der Waals surface area contributed by atoms with Crippen LogP contribution in [0.3, 0.4) is 0 Å². The summed E-state index contributed by atoms with van der Waals surface area (Å²) in [6.07, 6.45) is -4.74. The van der Waals surface area contributed by atoms with E-state index in [-0.39, 0.29) is 25.0 Å². The molecule has 2 unspecified atom stereocenters. The third kappa shape index (κ3) is 3.96. The summed E-state index contributed by atoms with van der Waals surface area (Å²) in [7, 11) is -4.34. The molecule has 0 aliphatic carbocycles. The maximum absolute atomic E-state index is 13.8. The molecule has 1 fully saturated rings. The molecule has 0 aromatic heterocycles. The van der Waals surface area contributed by atoms with E-state index in [0.29, 0.717) is 24.7 Å². The predicted molar refractivity (Wildman–Crippen MR) is 79.5 cm³/mol. The van der Waals surface area contributed by atoms with Crippen molar-refractivity contribution in [2.24, 2.45) is 0 Å². The van der Waals surface area contributed by atoms with Crippen molar-refractivity contribution < 1.29 is 26.0 Å². The lowest BCUT2D eigenvalue weighted by atomic mass is 10.1. The second-order valence-electron chi connectivity index (χ2n) is 5.24.